The van der Waals surface area contributed by atoms with Crippen molar-refractivity contribution in [2.24, 2.45) is 17.6 Å². The molecule has 2 aliphatic rings. The maximum atomic E-state index is 6.25. The third-order valence-corrected chi connectivity index (χ3v) is 4.48. The predicted octanol–water partition coefficient (Wildman–Crippen LogP) is 2.25. The average molecular weight is 230 g/mol. The summed E-state index contributed by atoms with van der Waals surface area (Å²) < 4.78 is 0. The Morgan fingerprint density at radius 2 is 1.94 bits per heavy atom. The summed E-state index contributed by atoms with van der Waals surface area (Å²) in [5.41, 5.74) is 7.68. The van der Waals surface area contributed by atoms with Crippen LogP contribution in [0.15, 0.2) is 30.3 Å². The second-order valence-electron chi connectivity index (χ2n) is 5.70. The van der Waals surface area contributed by atoms with E-state index >= 15 is 0 Å². The summed E-state index contributed by atoms with van der Waals surface area (Å²) in [6, 6.07) is 11.2. The molecule has 1 aromatic rings. The van der Waals surface area contributed by atoms with E-state index in [0.717, 1.165) is 18.4 Å². The van der Waals surface area contributed by atoms with Crippen LogP contribution < -0.4 is 5.73 Å². The topological polar surface area (TPSA) is 29.3 Å². The smallest absolute Gasteiger partial charge is 0.0233 e. The first-order chi connectivity index (χ1) is 8.33. The molecule has 1 aliphatic carbocycles. The Labute approximate surface area is 104 Å². The van der Waals surface area contributed by atoms with Gasteiger partial charge >= 0.3 is 0 Å². The number of benzene rings is 1. The van der Waals surface area contributed by atoms with E-state index in [1.54, 1.807) is 0 Å². The number of nitrogens with zero attached hydrogens (tertiary/aromatic N) is 1. The number of hydrogen-bond acceptors (Lipinski definition) is 2. The minimum atomic E-state index is 0.453. The van der Waals surface area contributed by atoms with Gasteiger partial charge in [-0.15, -0.1) is 0 Å². The Balaban J connectivity index is 1.64. The lowest BCUT2D eigenvalue weighted by molar-refractivity contribution is 0.259. The quantitative estimate of drug-likeness (QED) is 0.844. The van der Waals surface area contributed by atoms with Crippen LogP contribution in [0, 0.1) is 11.8 Å². The molecule has 0 amide bonds. The second-order valence-corrected chi connectivity index (χ2v) is 5.70. The van der Waals surface area contributed by atoms with Crippen molar-refractivity contribution in [2.45, 2.75) is 31.8 Å². The van der Waals surface area contributed by atoms with Gasteiger partial charge in [-0.2, -0.15) is 0 Å². The number of likely N-dealkylation sites (tertiary alicyclic amines) is 1. The maximum absolute atomic E-state index is 6.25. The predicted molar refractivity (Wildman–Crippen MR) is 70.5 cm³/mol. The van der Waals surface area contributed by atoms with Crippen molar-refractivity contribution in [3.63, 3.8) is 0 Å². The van der Waals surface area contributed by atoms with Gasteiger partial charge in [0.15, 0.2) is 0 Å². The van der Waals surface area contributed by atoms with E-state index in [0.29, 0.717) is 6.04 Å². The van der Waals surface area contributed by atoms with Crippen LogP contribution in [0.4, 0.5) is 0 Å². The zero-order valence-corrected chi connectivity index (χ0v) is 10.4. The zero-order chi connectivity index (χ0) is 11.7. The van der Waals surface area contributed by atoms with Gasteiger partial charge in [-0.1, -0.05) is 36.8 Å². The lowest BCUT2D eigenvalue weighted by atomic mass is 9.78. The summed E-state index contributed by atoms with van der Waals surface area (Å²) in [6.45, 7) is 3.56. The summed E-state index contributed by atoms with van der Waals surface area (Å²) >= 11 is 0. The minimum absolute atomic E-state index is 0.453. The Morgan fingerprint density at radius 3 is 2.71 bits per heavy atom. The molecule has 0 aromatic heterocycles. The third-order valence-electron chi connectivity index (χ3n) is 4.48. The monoisotopic (exact) mass is 230 g/mol. The number of nitrogens with two attached hydrogens (primary N) is 1. The first-order valence-electron chi connectivity index (χ1n) is 6.85. The Kier molecular flexibility index (Phi) is 3.17. The maximum Gasteiger partial charge on any atom is 0.0233 e. The summed E-state index contributed by atoms with van der Waals surface area (Å²) in [6.07, 6.45) is 3.96. The molecular weight excluding hydrogens is 208 g/mol. The van der Waals surface area contributed by atoms with Crippen molar-refractivity contribution in [3.05, 3.63) is 35.9 Å². The number of fused-ring (bicyclic) bond motifs is 1. The van der Waals surface area contributed by atoms with Gasteiger partial charge in [0.1, 0.15) is 0 Å². The lowest BCUT2D eigenvalue weighted by Crippen LogP contribution is -2.38. The number of hydrogen-bond donors (Lipinski definition) is 1. The van der Waals surface area contributed by atoms with Crippen molar-refractivity contribution in [2.75, 3.05) is 13.1 Å². The van der Waals surface area contributed by atoms with Gasteiger partial charge in [-0.3, -0.25) is 4.90 Å². The standard InChI is InChI=1S/C15H22N2/c16-15-8-4-7-13-10-17(11-14(13)15)9-12-5-2-1-3-6-12/h1-3,5-6,13-15H,4,7-11,16H2/t13-,14+,15+/m0/s1. The highest BCUT2D eigenvalue weighted by molar-refractivity contribution is 5.14. The van der Waals surface area contributed by atoms with Crippen molar-refractivity contribution in [1.82, 2.24) is 4.90 Å². The van der Waals surface area contributed by atoms with Gasteiger partial charge < -0.3 is 5.73 Å². The molecule has 2 fully saturated rings. The van der Waals surface area contributed by atoms with E-state index in [9.17, 15) is 0 Å². The van der Waals surface area contributed by atoms with Crippen LogP contribution in [0.5, 0.6) is 0 Å². The molecule has 1 heterocycles. The molecule has 0 bridgehead atoms. The van der Waals surface area contributed by atoms with Gasteiger partial charge in [0.05, 0.1) is 0 Å². The fraction of sp³-hybridized carbons (Fsp3) is 0.600. The van der Waals surface area contributed by atoms with E-state index in [2.05, 4.69) is 35.2 Å². The van der Waals surface area contributed by atoms with Gasteiger partial charge in [-0.25, -0.2) is 0 Å². The summed E-state index contributed by atoms with van der Waals surface area (Å²) in [7, 11) is 0. The van der Waals surface area contributed by atoms with Crippen molar-refractivity contribution in [1.29, 1.82) is 0 Å². The average Bonchev–Trinajstić information content (AvgIpc) is 2.74. The first kappa shape index (κ1) is 11.2. The Bertz CT molecular complexity index is 362. The number of rotatable bonds is 2. The van der Waals surface area contributed by atoms with E-state index in [1.807, 2.05) is 0 Å². The molecule has 3 rings (SSSR count). The van der Waals surface area contributed by atoms with Gasteiger partial charge in [0.2, 0.25) is 0 Å². The van der Waals surface area contributed by atoms with E-state index in [4.69, 9.17) is 5.73 Å². The molecule has 0 radical (unpaired) electrons. The van der Waals surface area contributed by atoms with Crippen LogP contribution in [0.1, 0.15) is 24.8 Å². The van der Waals surface area contributed by atoms with Crippen LogP contribution >= 0.6 is 0 Å². The van der Waals surface area contributed by atoms with Crippen LogP contribution in [0.3, 0.4) is 0 Å². The minimum Gasteiger partial charge on any atom is -0.327 e. The zero-order valence-electron chi connectivity index (χ0n) is 10.4. The molecule has 1 aliphatic heterocycles. The van der Waals surface area contributed by atoms with E-state index < -0.39 is 0 Å². The molecule has 0 unspecified atom stereocenters. The molecular formula is C15H22N2. The SMILES string of the molecule is N[C@@H]1CCC[C@H]2CN(Cc3ccccc3)C[C@H]21. The molecule has 1 aromatic carbocycles. The third kappa shape index (κ3) is 2.38. The summed E-state index contributed by atoms with van der Waals surface area (Å²) in [5.74, 6) is 1.62. The highest BCUT2D eigenvalue weighted by Gasteiger charge is 2.38. The Morgan fingerprint density at radius 1 is 1.12 bits per heavy atom. The molecule has 3 atom stereocenters. The lowest BCUT2D eigenvalue weighted by Gasteiger charge is -2.29. The fourth-order valence-electron chi connectivity index (χ4n) is 3.58. The molecule has 2 N–H and O–H groups in total. The van der Waals surface area contributed by atoms with Gasteiger partial charge in [-0.05, 0) is 30.2 Å². The van der Waals surface area contributed by atoms with Gasteiger partial charge in [0.25, 0.3) is 0 Å². The normalized spacial score (nSPS) is 33.6. The summed E-state index contributed by atoms with van der Waals surface area (Å²) in [4.78, 5) is 2.59. The van der Waals surface area contributed by atoms with Crippen LogP contribution in [0.2, 0.25) is 0 Å². The largest absolute Gasteiger partial charge is 0.327 e. The van der Waals surface area contributed by atoms with Crippen molar-refractivity contribution in [3.8, 4) is 0 Å². The molecule has 2 heteroatoms. The fourth-order valence-corrected chi connectivity index (χ4v) is 3.58. The van der Waals surface area contributed by atoms with Crippen LogP contribution in [-0.2, 0) is 6.54 Å². The van der Waals surface area contributed by atoms with Crippen LogP contribution in [-0.4, -0.2) is 24.0 Å². The molecule has 92 valence electrons. The second kappa shape index (κ2) is 4.79. The molecule has 1 saturated heterocycles. The molecule has 2 nitrogen and oxygen atoms in total. The van der Waals surface area contributed by atoms with Crippen molar-refractivity contribution < 1.29 is 0 Å². The molecule has 0 spiro atoms. The van der Waals surface area contributed by atoms with Gasteiger partial charge in [0, 0.05) is 25.7 Å². The van der Waals surface area contributed by atoms with Crippen molar-refractivity contribution >= 4 is 0 Å². The first-order valence-corrected chi connectivity index (χ1v) is 6.85. The Hall–Kier alpha value is -0.860. The highest BCUT2D eigenvalue weighted by atomic mass is 15.2. The van der Waals surface area contributed by atoms with E-state index in [-0.39, 0.29) is 0 Å². The highest BCUT2D eigenvalue weighted by Crippen LogP contribution is 2.35. The molecule has 17 heavy (non-hydrogen) atoms. The molecule has 1 saturated carbocycles. The summed E-state index contributed by atoms with van der Waals surface area (Å²) in [5, 5.41) is 0. The van der Waals surface area contributed by atoms with E-state index in [1.165, 1.54) is 37.9 Å². The van der Waals surface area contributed by atoms with Crippen LogP contribution in [0.25, 0.3) is 0 Å².